The monoisotopic (exact) mass is 249 g/mol. The van der Waals surface area contributed by atoms with E-state index in [0.717, 1.165) is 31.9 Å². The molecule has 1 N–H and O–H groups in total. The summed E-state index contributed by atoms with van der Waals surface area (Å²) in [6.07, 6.45) is 0. The number of rotatable bonds is 2. The summed E-state index contributed by atoms with van der Waals surface area (Å²) in [6.45, 7) is 8.47. The number of aromatic nitrogens is 2. The fourth-order valence-corrected chi connectivity index (χ4v) is 2.95. The predicted octanol–water partition coefficient (Wildman–Crippen LogP) is 2.37. The normalized spacial score (nSPS) is 10.8. The zero-order valence-electron chi connectivity index (χ0n) is 10.4. The Labute approximate surface area is 104 Å². The minimum absolute atomic E-state index is 0.0231. The molecule has 0 fully saturated rings. The van der Waals surface area contributed by atoms with Crippen molar-refractivity contribution in [1.82, 2.24) is 15.5 Å². The number of nitrogens with zero attached hydrogens (tertiary/aromatic N) is 2. The molecule has 0 unspecified atom stereocenters. The van der Waals surface area contributed by atoms with Crippen LogP contribution in [0.3, 0.4) is 0 Å². The second-order valence-electron chi connectivity index (χ2n) is 4.01. The average molecular weight is 249 g/mol. The number of carbonyl (C=O) groups excluding carboxylic acids is 1. The first-order chi connectivity index (χ1) is 8.06. The lowest BCUT2D eigenvalue weighted by Crippen LogP contribution is -2.22. The molecule has 2 aromatic rings. The first-order valence-corrected chi connectivity index (χ1v) is 6.39. The van der Waals surface area contributed by atoms with Gasteiger partial charge in [0, 0.05) is 11.9 Å². The largest absolute Gasteiger partial charge is 0.352 e. The Morgan fingerprint density at radius 3 is 2.59 bits per heavy atom. The van der Waals surface area contributed by atoms with E-state index in [1.807, 2.05) is 27.7 Å². The lowest BCUT2D eigenvalue weighted by atomic mass is 10.1. The van der Waals surface area contributed by atoms with Gasteiger partial charge >= 0.3 is 0 Å². The molecule has 90 valence electrons. The molecule has 17 heavy (non-hydrogen) atoms. The average Bonchev–Trinajstić information content (AvgIpc) is 2.62. The molecule has 0 radical (unpaired) electrons. The van der Waals surface area contributed by atoms with Crippen LogP contribution in [0.15, 0.2) is 0 Å². The Morgan fingerprint density at radius 2 is 1.94 bits per heavy atom. The maximum absolute atomic E-state index is 11.9. The molecule has 0 aromatic carbocycles. The molecule has 2 heterocycles. The molecule has 0 aliphatic carbocycles. The van der Waals surface area contributed by atoms with Gasteiger partial charge < -0.3 is 5.32 Å². The summed E-state index contributed by atoms with van der Waals surface area (Å²) in [5, 5.41) is 12.1. The van der Waals surface area contributed by atoms with Crippen LogP contribution >= 0.6 is 11.3 Å². The first kappa shape index (κ1) is 12.0. The number of thiophene rings is 1. The number of amides is 1. The van der Waals surface area contributed by atoms with Crippen LogP contribution in [0.5, 0.6) is 0 Å². The molecule has 4 nitrogen and oxygen atoms in total. The zero-order chi connectivity index (χ0) is 12.6. The summed E-state index contributed by atoms with van der Waals surface area (Å²) in [5.41, 5.74) is 3.03. The van der Waals surface area contributed by atoms with Crippen LogP contribution < -0.4 is 5.32 Å². The van der Waals surface area contributed by atoms with Crippen molar-refractivity contribution in [3.63, 3.8) is 0 Å². The first-order valence-electron chi connectivity index (χ1n) is 5.57. The van der Waals surface area contributed by atoms with E-state index < -0.39 is 0 Å². The number of hydrogen-bond acceptors (Lipinski definition) is 4. The smallest absolute Gasteiger partial charge is 0.261 e. The van der Waals surface area contributed by atoms with Gasteiger partial charge in [-0.05, 0) is 38.8 Å². The summed E-state index contributed by atoms with van der Waals surface area (Å²) < 4.78 is 0. The molecule has 0 saturated carbocycles. The van der Waals surface area contributed by atoms with Crippen molar-refractivity contribution >= 4 is 27.5 Å². The Bertz CT molecular complexity index is 589. The molecule has 0 aliphatic heterocycles. The molecule has 2 rings (SSSR count). The van der Waals surface area contributed by atoms with Crippen molar-refractivity contribution in [2.24, 2.45) is 0 Å². The van der Waals surface area contributed by atoms with E-state index in [-0.39, 0.29) is 5.91 Å². The third kappa shape index (κ3) is 1.91. The van der Waals surface area contributed by atoms with Gasteiger partial charge in [0.05, 0.1) is 10.6 Å². The number of aryl methyl sites for hydroxylation is 3. The van der Waals surface area contributed by atoms with E-state index in [4.69, 9.17) is 0 Å². The van der Waals surface area contributed by atoms with Gasteiger partial charge in [-0.15, -0.1) is 16.4 Å². The number of carbonyl (C=O) groups is 1. The van der Waals surface area contributed by atoms with Crippen molar-refractivity contribution in [1.29, 1.82) is 0 Å². The van der Waals surface area contributed by atoms with E-state index >= 15 is 0 Å². The summed E-state index contributed by atoms with van der Waals surface area (Å²) in [5.74, 6) is -0.0231. The molecular weight excluding hydrogens is 234 g/mol. The highest BCUT2D eigenvalue weighted by atomic mass is 32.1. The van der Waals surface area contributed by atoms with Gasteiger partial charge in [-0.25, -0.2) is 0 Å². The Hall–Kier alpha value is -1.49. The minimum Gasteiger partial charge on any atom is -0.352 e. The highest BCUT2D eigenvalue weighted by molar-refractivity contribution is 7.20. The number of nitrogens with one attached hydrogen (secondary N) is 1. The van der Waals surface area contributed by atoms with Crippen LogP contribution in [0.25, 0.3) is 10.2 Å². The molecule has 0 bridgehead atoms. The number of fused-ring (bicyclic) bond motifs is 1. The Kier molecular flexibility index (Phi) is 3.11. The topological polar surface area (TPSA) is 54.9 Å². The quantitative estimate of drug-likeness (QED) is 0.889. The molecule has 0 atom stereocenters. The van der Waals surface area contributed by atoms with Gasteiger partial charge in [-0.1, -0.05) is 0 Å². The van der Waals surface area contributed by atoms with Gasteiger partial charge in [0.1, 0.15) is 4.83 Å². The molecule has 5 heteroatoms. The van der Waals surface area contributed by atoms with Crippen LogP contribution in [0.2, 0.25) is 0 Å². The van der Waals surface area contributed by atoms with Crippen molar-refractivity contribution in [2.45, 2.75) is 27.7 Å². The SMILES string of the molecule is CCNC(=O)c1sc2nnc(C)c(C)c2c1C. The molecular formula is C12H15N3OS. The fourth-order valence-electron chi connectivity index (χ4n) is 1.84. The predicted molar refractivity (Wildman–Crippen MR) is 69.6 cm³/mol. The molecule has 1 amide bonds. The van der Waals surface area contributed by atoms with Gasteiger partial charge in [-0.2, -0.15) is 5.10 Å². The van der Waals surface area contributed by atoms with Gasteiger partial charge in [-0.3, -0.25) is 4.79 Å². The zero-order valence-corrected chi connectivity index (χ0v) is 11.2. The molecule has 0 spiro atoms. The second-order valence-corrected chi connectivity index (χ2v) is 5.01. The van der Waals surface area contributed by atoms with Gasteiger partial charge in [0.2, 0.25) is 0 Å². The van der Waals surface area contributed by atoms with E-state index in [2.05, 4.69) is 15.5 Å². The van der Waals surface area contributed by atoms with Gasteiger partial charge in [0.25, 0.3) is 5.91 Å². The molecule has 2 aromatic heterocycles. The lowest BCUT2D eigenvalue weighted by molar-refractivity contribution is 0.0959. The van der Waals surface area contributed by atoms with Gasteiger partial charge in [0.15, 0.2) is 0 Å². The van der Waals surface area contributed by atoms with E-state index in [9.17, 15) is 4.79 Å². The lowest BCUT2D eigenvalue weighted by Gasteiger charge is -2.01. The van der Waals surface area contributed by atoms with Crippen LogP contribution in [0, 0.1) is 20.8 Å². The van der Waals surface area contributed by atoms with Crippen molar-refractivity contribution in [2.75, 3.05) is 6.54 Å². The Balaban J connectivity index is 2.65. The highest BCUT2D eigenvalue weighted by Crippen LogP contribution is 2.31. The highest BCUT2D eigenvalue weighted by Gasteiger charge is 2.18. The van der Waals surface area contributed by atoms with Crippen molar-refractivity contribution in [3.05, 3.63) is 21.7 Å². The third-order valence-electron chi connectivity index (χ3n) is 2.88. The molecule has 0 aliphatic rings. The summed E-state index contributed by atoms with van der Waals surface area (Å²) in [7, 11) is 0. The maximum atomic E-state index is 11.9. The minimum atomic E-state index is -0.0231. The van der Waals surface area contributed by atoms with Crippen LogP contribution in [-0.4, -0.2) is 22.6 Å². The third-order valence-corrected chi connectivity index (χ3v) is 4.06. The summed E-state index contributed by atoms with van der Waals surface area (Å²) in [4.78, 5) is 13.5. The van der Waals surface area contributed by atoms with Crippen LogP contribution in [0.1, 0.15) is 33.4 Å². The number of hydrogen-bond donors (Lipinski definition) is 1. The fraction of sp³-hybridized carbons (Fsp3) is 0.417. The molecule has 0 saturated heterocycles. The Morgan fingerprint density at radius 1 is 1.24 bits per heavy atom. The summed E-state index contributed by atoms with van der Waals surface area (Å²) >= 11 is 1.41. The van der Waals surface area contributed by atoms with E-state index in [1.165, 1.54) is 11.3 Å². The van der Waals surface area contributed by atoms with Crippen molar-refractivity contribution in [3.8, 4) is 0 Å². The maximum Gasteiger partial charge on any atom is 0.261 e. The standard InChI is InChI=1S/C12H15N3OS/c1-5-13-11(16)10-7(3)9-6(2)8(4)14-15-12(9)17-10/h5H2,1-4H3,(H,13,16). The van der Waals surface area contributed by atoms with E-state index in [1.54, 1.807) is 0 Å². The summed E-state index contributed by atoms with van der Waals surface area (Å²) in [6, 6.07) is 0. The van der Waals surface area contributed by atoms with E-state index in [0.29, 0.717) is 6.54 Å². The van der Waals surface area contributed by atoms with Crippen LogP contribution in [-0.2, 0) is 0 Å². The van der Waals surface area contributed by atoms with Crippen molar-refractivity contribution < 1.29 is 4.79 Å². The second kappa shape index (κ2) is 4.41. The van der Waals surface area contributed by atoms with Crippen LogP contribution in [0.4, 0.5) is 0 Å².